The van der Waals surface area contributed by atoms with Crippen LogP contribution in [0, 0.1) is 0 Å². The van der Waals surface area contributed by atoms with E-state index >= 15 is 0 Å². The molecule has 0 fully saturated rings. The zero-order valence-corrected chi connectivity index (χ0v) is 17.4. The molecule has 7 nitrogen and oxygen atoms in total. The maximum Gasteiger partial charge on any atom is 0.335 e. The van der Waals surface area contributed by atoms with Gasteiger partial charge in [-0.2, -0.15) is 0 Å². The fourth-order valence-electron chi connectivity index (χ4n) is 2.75. The lowest BCUT2D eigenvalue weighted by Gasteiger charge is -2.20. The third kappa shape index (κ3) is 4.79. The summed E-state index contributed by atoms with van der Waals surface area (Å²) in [5.41, 5.74) is 1.05. The summed E-state index contributed by atoms with van der Waals surface area (Å²) < 4.78 is 32.9. The summed E-state index contributed by atoms with van der Waals surface area (Å²) >= 11 is 0. The summed E-state index contributed by atoms with van der Waals surface area (Å²) in [6, 6.07) is 20.7. The summed E-state index contributed by atoms with van der Waals surface area (Å²) in [7, 11) is -1.22. The van der Waals surface area contributed by atoms with Crippen LogP contribution in [0.1, 0.15) is 15.9 Å². The lowest BCUT2D eigenvalue weighted by molar-refractivity contribution is 0.0696. The zero-order chi connectivity index (χ0) is 21.7. The third-order valence-corrected chi connectivity index (χ3v) is 6.17. The Kier molecular flexibility index (Phi) is 6.39. The number of ether oxygens (including phenoxy) is 1. The van der Waals surface area contributed by atoms with Crippen molar-refractivity contribution in [1.29, 1.82) is 0 Å². The number of nitrogens with one attached hydrogen (secondary N) is 1. The van der Waals surface area contributed by atoms with Crippen LogP contribution in [-0.4, -0.2) is 37.9 Å². The number of carbonyl (C=O) groups is 1. The van der Waals surface area contributed by atoms with E-state index in [1.165, 1.54) is 20.2 Å². The SMILES string of the molecule is CN(C)S(=O)(=O)c1cc(C(=O)O)cc(NCc2ccccc2)c1Oc1ccccc1. The maximum absolute atomic E-state index is 13.0. The van der Waals surface area contributed by atoms with Crippen molar-refractivity contribution in [2.45, 2.75) is 11.4 Å². The van der Waals surface area contributed by atoms with Crippen LogP contribution in [0.5, 0.6) is 11.5 Å². The summed E-state index contributed by atoms with van der Waals surface area (Å²) in [6.45, 7) is 0.358. The number of hydrogen-bond donors (Lipinski definition) is 2. The molecule has 0 saturated heterocycles. The van der Waals surface area contributed by atoms with Crippen molar-refractivity contribution in [3.05, 3.63) is 83.9 Å². The number of carboxylic acids is 1. The van der Waals surface area contributed by atoms with Crippen LogP contribution in [0.25, 0.3) is 0 Å². The molecule has 0 aliphatic carbocycles. The van der Waals surface area contributed by atoms with Gasteiger partial charge in [-0.25, -0.2) is 17.5 Å². The highest BCUT2D eigenvalue weighted by atomic mass is 32.2. The minimum atomic E-state index is -3.98. The number of carboxylic acid groups (broad SMARTS) is 1. The van der Waals surface area contributed by atoms with Crippen molar-refractivity contribution in [3.63, 3.8) is 0 Å². The summed E-state index contributed by atoms with van der Waals surface area (Å²) in [5, 5.41) is 12.7. The quantitative estimate of drug-likeness (QED) is 0.564. The molecule has 2 N–H and O–H groups in total. The largest absolute Gasteiger partial charge is 0.478 e. The Morgan fingerprint density at radius 1 is 1.00 bits per heavy atom. The van der Waals surface area contributed by atoms with E-state index in [1.807, 2.05) is 36.4 Å². The first-order chi connectivity index (χ1) is 14.3. The van der Waals surface area contributed by atoms with Gasteiger partial charge in [0, 0.05) is 20.6 Å². The van der Waals surface area contributed by atoms with Crippen LogP contribution >= 0.6 is 0 Å². The number of para-hydroxylation sites is 1. The number of rotatable bonds is 8. The van der Waals surface area contributed by atoms with Crippen LogP contribution in [0.3, 0.4) is 0 Å². The second-order valence-electron chi connectivity index (χ2n) is 6.70. The predicted molar refractivity (Wildman–Crippen MR) is 115 cm³/mol. The maximum atomic E-state index is 13.0. The molecular weight excluding hydrogens is 404 g/mol. The minimum Gasteiger partial charge on any atom is -0.478 e. The van der Waals surface area contributed by atoms with E-state index in [4.69, 9.17) is 4.74 Å². The molecular formula is C22H22N2O5S. The highest BCUT2D eigenvalue weighted by Crippen LogP contribution is 2.38. The predicted octanol–water partition coefficient (Wildman–Crippen LogP) is 4.04. The third-order valence-electron chi connectivity index (χ3n) is 4.35. The van der Waals surface area contributed by atoms with Crippen LogP contribution in [0.4, 0.5) is 5.69 Å². The Labute approximate surface area is 175 Å². The molecule has 0 amide bonds. The fourth-order valence-corrected chi connectivity index (χ4v) is 3.81. The molecule has 0 aliphatic heterocycles. The smallest absolute Gasteiger partial charge is 0.335 e. The van der Waals surface area contributed by atoms with Gasteiger partial charge in [-0.3, -0.25) is 0 Å². The first-order valence-electron chi connectivity index (χ1n) is 9.13. The van der Waals surface area contributed by atoms with Crippen LogP contribution in [0.2, 0.25) is 0 Å². The normalized spacial score (nSPS) is 11.3. The fraction of sp³-hybridized carbons (Fsp3) is 0.136. The van der Waals surface area contributed by atoms with Gasteiger partial charge in [0.15, 0.2) is 5.75 Å². The number of sulfonamides is 1. The standard InChI is InChI=1S/C22H22N2O5S/c1-24(2)30(27,28)20-14-17(22(25)26)13-19(23-15-16-9-5-3-6-10-16)21(20)29-18-11-7-4-8-12-18/h3-14,23H,15H2,1-2H3,(H,25,26). The van der Waals surface area contributed by atoms with Gasteiger partial charge in [0.2, 0.25) is 10.0 Å². The van der Waals surface area contributed by atoms with E-state index in [9.17, 15) is 18.3 Å². The first-order valence-corrected chi connectivity index (χ1v) is 10.6. The molecule has 0 aromatic heterocycles. The lowest BCUT2D eigenvalue weighted by Crippen LogP contribution is -2.23. The molecule has 0 radical (unpaired) electrons. The number of anilines is 1. The Morgan fingerprint density at radius 2 is 1.60 bits per heavy atom. The topological polar surface area (TPSA) is 95.9 Å². The second-order valence-corrected chi connectivity index (χ2v) is 8.82. The molecule has 0 saturated carbocycles. The van der Waals surface area contributed by atoms with Crippen molar-refractivity contribution in [3.8, 4) is 11.5 Å². The summed E-state index contributed by atoms with van der Waals surface area (Å²) in [5.74, 6) is -0.770. The minimum absolute atomic E-state index is 0.0378. The van der Waals surface area contributed by atoms with Gasteiger partial charge >= 0.3 is 5.97 Å². The van der Waals surface area contributed by atoms with Crippen molar-refractivity contribution in [2.75, 3.05) is 19.4 Å². The van der Waals surface area contributed by atoms with Crippen molar-refractivity contribution < 1.29 is 23.1 Å². The van der Waals surface area contributed by atoms with Crippen LogP contribution < -0.4 is 10.1 Å². The molecule has 8 heteroatoms. The molecule has 0 atom stereocenters. The molecule has 156 valence electrons. The highest BCUT2D eigenvalue weighted by molar-refractivity contribution is 7.89. The number of nitrogens with zero attached hydrogens (tertiary/aromatic N) is 1. The van der Waals surface area contributed by atoms with E-state index in [0.29, 0.717) is 12.3 Å². The van der Waals surface area contributed by atoms with Crippen molar-refractivity contribution >= 4 is 21.7 Å². The van der Waals surface area contributed by atoms with E-state index in [2.05, 4.69) is 5.32 Å². The monoisotopic (exact) mass is 426 g/mol. The second kappa shape index (κ2) is 8.98. The molecule has 0 spiro atoms. The van der Waals surface area contributed by atoms with Gasteiger partial charge in [0.1, 0.15) is 10.6 Å². The average Bonchev–Trinajstić information content (AvgIpc) is 2.74. The van der Waals surface area contributed by atoms with Crippen LogP contribution in [-0.2, 0) is 16.6 Å². The number of benzene rings is 3. The Balaban J connectivity index is 2.15. The summed E-state index contributed by atoms with van der Waals surface area (Å²) in [6.07, 6.45) is 0. The number of aromatic carboxylic acids is 1. The Hall–Kier alpha value is -3.36. The van der Waals surface area contributed by atoms with Crippen LogP contribution in [0.15, 0.2) is 77.7 Å². The average molecular weight is 426 g/mol. The van der Waals surface area contributed by atoms with Crippen molar-refractivity contribution in [1.82, 2.24) is 4.31 Å². The van der Waals surface area contributed by atoms with Gasteiger partial charge in [-0.1, -0.05) is 48.5 Å². The Morgan fingerprint density at radius 3 is 2.17 bits per heavy atom. The molecule has 3 rings (SSSR count). The first kappa shape index (κ1) is 21.4. The zero-order valence-electron chi connectivity index (χ0n) is 16.6. The highest BCUT2D eigenvalue weighted by Gasteiger charge is 2.27. The van der Waals surface area contributed by atoms with Gasteiger partial charge in [0.25, 0.3) is 0 Å². The lowest BCUT2D eigenvalue weighted by atomic mass is 10.1. The molecule has 30 heavy (non-hydrogen) atoms. The van der Waals surface area contributed by atoms with Gasteiger partial charge < -0.3 is 15.2 Å². The number of hydrogen-bond acceptors (Lipinski definition) is 5. The molecule has 0 unspecified atom stereocenters. The Bertz CT molecular complexity index is 1130. The van der Waals surface area contributed by atoms with E-state index in [1.54, 1.807) is 24.3 Å². The summed E-state index contributed by atoms with van der Waals surface area (Å²) in [4.78, 5) is 11.4. The molecule has 0 aliphatic rings. The van der Waals surface area contributed by atoms with E-state index in [0.717, 1.165) is 15.9 Å². The molecule has 0 bridgehead atoms. The van der Waals surface area contributed by atoms with E-state index < -0.39 is 16.0 Å². The van der Waals surface area contributed by atoms with Gasteiger partial charge in [-0.05, 0) is 29.8 Å². The molecule has 3 aromatic rings. The van der Waals surface area contributed by atoms with Gasteiger partial charge in [-0.15, -0.1) is 0 Å². The van der Waals surface area contributed by atoms with Crippen molar-refractivity contribution in [2.24, 2.45) is 0 Å². The van der Waals surface area contributed by atoms with Gasteiger partial charge in [0.05, 0.1) is 11.3 Å². The molecule has 0 heterocycles. The van der Waals surface area contributed by atoms with E-state index in [-0.39, 0.29) is 21.9 Å². The molecule has 3 aromatic carbocycles.